The number of methoxy groups -OCH3 is 1. The Bertz CT molecular complexity index is 1120. The number of nitrogens with zero attached hydrogens (tertiary/aromatic N) is 3. The number of aromatic nitrogens is 1. The molecule has 6 heteroatoms. The molecule has 1 amide bonds. The molecule has 2 fully saturated rings. The molecule has 176 valence electrons. The summed E-state index contributed by atoms with van der Waals surface area (Å²) in [4.78, 5) is 21.6. The number of fused-ring (bicyclic) bond motifs is 1. The summed E-state index contributed by atoms with van der Waals surface area (Å²) in [5.41, 5.74) is 4.05. The highest BCUT2D eigenvalue weighted by Gasteiger charge is 2.49. The molecule has 3 aromatic rings. The van der Waals surface area contributed by atoms with Crippen LogP contribution in [0.15, 0.2) is 73.1 Å². The second-order valence-corrected chi connectivity index (χ2v) is 9.10. The third-order valence-corrected chi connectivity index (χ3v) is 7.30. The van der Waals surface area contributed by atoms with Gasteiger partial charge in [0.2, 0.25) is 0 Å². The number of carbonyl (C=O) groups excluding carboxylic acids is 1. The molecular formula is C28H31N3O3. The number of aliphatic hydroxyl groups excluding tert-OH is 1. The first-order chi connectivity index (χ1) is 16.7. The highest BCUT2D eigenvalue weighted by Crippen LogP contribution is 2.42. The predicted molar refractivity (Wildman–Crippen MR) is 132 cm³/mol. The van der Waals surface area contributed by atoms with E-state index in [4.69, 9.17) is 4.74 Å². The third-order valence-electron chi connectivity index (χ3n) is 7.30. The Morgan fingerprint density at radius 1 is 1.03 bits per heavy atom. The Morgan fingerprint density at radius 2 is 1.76 bits per heavy atom. The lowest BCUT2D eigenvalue weighted by Crippen LogP contribution is -2.67. The van der Waals surface area contributed by atoms with Gasteiger partial charge >= 0.3 is 0 Å². The number of carbonyl (C=O) groups is 1. The predicted octanol–water partition coefficient (Wildman–Crippen LogP) is 3.82. The van der Waals surface area contributed by atoms with Crippen molar-refractivity contribution < 1.29 is 14.6 Å². The van der Waals surface area contributed by atoms with Crippen LogP contribution in [-0.2, 0) is 0 Å². The van der Waals surface area contributed by atoms with Crippen molar-refractivity contribution in [3.05, 3.63) is 84.2 Å². The molecular weight excluding hydrogens is 426 g/mol. The molecule has 2 aliphatic rings. The van der Waals surface area contributed by atoms with Crippen molar-refractivity contribution in [3.8, 4) is 16.9 Å². The summed E-state index contributed by atoms with van der Waals surface area (Å²) in [6.45, 7) is 2.50. The Balaban J connectivity index is 1.40. The number of para-hydroxylation sites is 1. The number of benzene rings is 2. The zero-order valence-corrected chi connectivity index (χ0v) is 19.5. The van der Waals surface area contributed by atoms with Crippen molar-refractivity contribution in [2.45, 2.75) is 30.8 Å². The second-order valence-electron chi connectivity index (χ2n) is 9.10. The lowest BCUT2D eigenvalue weighted by Gasteiger charge is -2.57. The molecule has 0 saturated carbocycles. The molecule has 3 atom stereocenters. The maximum absolute atomic E-state index is 13.2. The maximum atomic E-state index is 13.2. The van der Waals surface area contributed by atoms with E-state index in [0.29, 0.717) is 12.1 Å². The van der Waals surface area contributed by atoms with E-state index in [0.717, 1.165) is 42.8 Å². The van der Waals surface area contributed by atoms with Gasteiger partial charge in [0.15, 0.2) is 0 Å². The summed E-state index contributed by atoms with van der Waals surface area (Å²) in [5, 5.41) is 10.2. The molecule has 2 aliphatic heterocycles. The maximum Gasteiger partial charge on any atom is 0.254 e. The SMILES string of the molecule is COc1ccccc1-c1ccc([C@@H]2[C@H]3CN(C(=O)c4ccncc4)CCCCN3[C@H]2CO)cc1. The van der Waals surface area contributed by atoms with Crippen molar-refractivity contribution in [3.63, 3.8) is 0 Å². The average molecular weight is 458 g/mol. The van der Waals surface area contributed by atoms with Crippen LogP contribution in [0.2, 0.25) is 0 Å². The molecule has 1 N–H and O–H groups in total. The van der Waals surface area contributed by atoms with E-state index in [1.54, 1.807) is 31.6 Å². The molecule has 0 aliphatic carbocycles. The van der Waals surface area contributed by atoms with Gasteiger partial charge in [-0.2, -0.15) is 0 Å². The van der Waals surface area contributed by atoms with E-state index >= 15 is 0 Å². The number of ether oxygens (including phenoxy) is 1. The normalized spacial score (nSPS) is 22.8. The molecule has 2 saturated heterocycles. The fraction of sp³-hybridized carbons (Fsp3) is 0.357. The van der Waals surface area contributed by atoms with E-state index < -0.39 is 0 Å². The summed E-state index contributed by atoms with van der Waals surface area (Å²) in [6.07, 6.45) is 5.32. The summed E-state index contributed by atoms with van der Waals surface area (Å²) in [7, 11) is 1.69. The number of amides is 1. The highest BCUT2D eigenvalue weighted by atomic mass is 16.5. The number of pyridine rings is 1. The summed E-state index contributed by atoms with van der Waals surface area (Å²) >= 11 is 0. The molecule has 3 heterocycles. The van der Waals surface area contributed by atoms with Crippen LogP contribution in [0.25, 0.3) is 11.1 Å². The largest absolute Gasteiger partial charge is 0.496 e. The molecule has 0 spiro atoms. The van der Waals surface area contributed by atoms with Crippen LogP contribution < -0.4 is 4.74 Å². The first kappa shape index (κ1) is 22.6. The molecule has 0 radical (unpaired) electrons. The van der Waals surface area contributed by atoms with E-state index in [2.05, 4.69) is 40.2 Å². The first-order valence-corrected chi connectivity index (χ1v) is 12.0. The zero-order chi connectivity index (χ0) is 23.5. The lowest BCUT2D eigenvalue weighted by molar-refractivity contribution is -0.0606. The van der Waals surface area contributed by atoms with Crippen LogP contribution in [0, 0.1) is 0 Å². The molecule has 5 rings (SSSR count). The van der Waals surface area contributed by atoms with E-state index in [9.17, 15) is 9.90 Å². The van der Waals surface area contributed by atoms with Crippen LogP contribution >= 0.6 is 0 Å². The quantitative estimate of drug-likeness (QED) is 0.631. The summed E-state index contributed by atoms with van der Waals surface area (Å²) in [6, 6.07) is 20.5. The van der Waals surface area contributed by atoms with Gasteiger partial charge in [0.05, 0.1) is 13.7 Å². The molecule has 0 bridgehead atoms. The van der Waals surface area contributed by atoms with E-state index in [1.807, 2.05) is 23.1 Å². The Kier molecular flexibility index (Phi) is 6.61. The van der Waals surface area contributed by atoms with Crippen molar-refractivity contribution in [2.75, 3.05) is 33.4 Å². The van der Waals surface area contributed by atoms with Crippen LogP contribution in [-0.4, -0.2) is 71.2 Å². The highest BCUT2D eigenvalue weighted by molar-refractivity contribution is 5.94. The van der Waals surface area contributed by atoms with Gasteiger partial charge in [-0.15, -0.1) is 0 Å². The van der Waals surface area contributed by atoms with Gasteiger partial charge in [-0.25, -0.2) is 0 Å². The third kappa shape index (κ3) is 4.19. The van der Waals surface area contributed by atoms with Crippen molar-refractivity contribution in [1.82, 2.24) is 14.8 Å². The Hall–Kier alpha value is -3.22. The number of hydrogen-bond acceptors (Lipinski definition) is 5. The Labute approximate surface area is 200 Å². The summed E-state index contributed by atoms with van der Waals surface area (Å²) in [5.74, 6) is 1.09. The standard InChI is InChI=1S/C28H31N3O3/c1-34-26-7-3-2-6-23(26)20-8-10-21(11-9-20)27-24-18-30(28(33)22-12-14-29-15-13-22)16-4-5-17-31(24)25(27)19-32/h2-3,6-15,24-25,27,32H,4-5,16-19H2,1H3/t24-,25+,27-/m1/s1. The van der Waals surface area contributed by atoms with Crippen molar-refractivity contribution in [2.24, 2.45) is 0 Å². The van der Waals surface area contributed by atoms with Gasteiger partial charge in [-0.1, -0.05) is 42.5 Å². The van der Waals surface area contributed by atoms with Crippen LogP contribution in [0.4, 0.5) is 0 Å². The van der Waals surface area contributed by atoms with Gasteiger partial charge in [0, 0.05) is 54.6 Å². The molecule has 2 aromatic carbocycles. The molecule has 6 nitrogen and oxygen atoms in total. The first-order valence-electron chi connectivity index (χ1n) is 12.0. The van der Waals surface area contributed by atoms with Crippen molar-refractivity contribution >= 4 is 5.91 Å². The minimum Gasteiger partial charge on any atom is -0.496 e. The van der Waals surface area contributed by atoms with Crippen molar-refractivity contribution in [1.29, 1.82) is 0 Å². The molecule has 1 aromatic heterocycles. The fourth-order valence-electron chi connectivity index (χ4n) is 5.57. The second kappa shape index (κ2) is 9.95. The lowest BCUT2D eigenvalue weighted by atomic mass is 9.74. The van der Waals surface area contributed by atoms with Gasteiger partial charge < -0.3 is 14.7 Å². The average Bonchev–Trinajstić information content (AvgIpc) is 2.88. The van der Waals surface area contributed by atoms with Gasteiger partial charge in [-0.05, 0) is 48.7 Å². The van der Waals surface area contributed by atoms with Crippen LogP contribution in [0.1, 0.15) is 34.7 Å². The smallest absolute Gasteiger partial charge is 0.254 e. The zero-order valence-electron chi connectivity index (χ0n) is 19.5. The van der Waals surface area contributed by atoms with Gasteiger partial charge in [0.25, 0.3) is 5.91 Å². The minimum absolute atomic E-state index is 0.0574. The number of aliphatic hydroxyl groups is 1. The topological polar surface area (TPSA) is 65.9 Å². The minimum atomic E-state index is 0.0574. The van der Waals surface area contributed by atoms with Crippen LogP contribution in [0.3, 0.4) is 0 Å². The number of hydrogen-bond donors (Lipinski definition) is 1. The number of rotatable bonds is 5. The molecule has 34 heavy (non-hydrogen) atoms. The van der Waals surface area contributed by atoms with Gasteiger partial charge in [-0.3, -0.25) is 14.7 Å². The fourth-order valence-corrected chi connectivity index (χ4v) is 5.57. The summed E-state index contributed by atoms with van der Waals surface area (Å²) < 4.78 is 5.53. The molecule has 0 unspecified atom stereocenters. The monoisotopic (exact) mass is 457 g/mol. The van der Waals surface area contributed by atoms with Gasteiger partial charge in [0.1, 0.15) is 5.75 Å². The van der Waals surface area contributed by atoms with E-state index in [1.165, 1.54) is 5.56 Å². The Morgan fingerprint density at radius 3 is 2.50 bits per heavy atom. The van der Waals surface area contributed by atoms with E-state index in [-0.39, 0.29) is 30.5 Å². The van der Waals surface area contributed by atoms with Crippen LogP contribution in [0.5, 0.6) is 5.75 Å².